The Morgan fingerprint density at radius 2 is 1.95 bits per heavy atom. The maximum absolute atomic E-state index is 10.7. The number of hydrogen-bond donors (Lipinski definition) is 1. The van der Waals surface area contributed by atoms with Crippen molar-refractivity contribution in [3.05, 3.63) is 0 Å². The number of carbonyl (C=O) groups is 1. The van der Waals surface area contributed by atoms with E-state index < -0.39 is 5.97 Å². The summed E-state index contributed by atoms with van der Waals surface area (Å²) in [6, 6.07) is 0. The minimum Gasteiger partial charge on any atom is -0.481 e. The van der Waals surface area contributed by atoms with E-state index in [1.807, 2.05) is 13.8 Å². The number of aliphatic carboxylic acids is 1. The molecule has 0 aromatic rings. The summed E-state index contributed by atoms with van der Waals surface area (Å²) in [5.41, 5.74) is 0. The molecule has 0 aromatic carbocycles. The molecule has 5 nitrogen and oxygen atoms in total. The molecule has 1 aliphatic rings. The first kappa shape index (κ1) is 17.4. The van der Waals surface area contributed by atoms with Crippen LogP contribution in [0, 0.1) is 0 Å². The maximum atomic E-state index is 10.7. The molecule has 1 N–H and O–H groups in total. The zero-order chi connectivity index (χ0) is 14.8. The average Bonchev–Trinajstić information content (AvgIpc) is 2.89. The van der Waals surface area contributed by atoms with Crippen LogP contribution >= 0.6 is 0 Å². The molecule has 0 saturated carbocycles. The third kappa shape index (κ3) is 8.51. The second-order valence-electron chi connectivity index (χ2n) is 5.81. The minimum atomic E-state index is -0.713. The highest BCUT2D eigenvalue weighted by atomic mass is 16.5. The summed E-state index contributed by atoms with van der Waals surface area (Å²) in [4.78, 5) is 15.5. The van der Waals surface area contributed by atoms with Gasteiger partial charge in [0.05, 0.1) is 12.5 Å². The lowest BCUT2D eigenvalue weighted by Gasteiger charge is -2.24. The number of likely N-dealkylation sites (tertiary alicyclic amines) is 1. The average molecular weight is 286 g/mol. The van der Waals surface area contributed by atoms with E-state index in [-0.39, 0.29) is 12.5 Å². The van der Waals surface area contributed by atoms with E-state index in [9.17, 15) is 4.79 Å². The van der Waals surface area contributed by atoms with Crippen molar-refractivity contribution in [2.24, 2.45) is 0 Å². The second-order valence-corrected chi connectivity index (χ2v) is 5.81. The van der Waals surface area contributed by atoms with Crippen LogP contribution in [0.3, 0.4) is 0 Å². The Labute approximate surface area is 122 Å². The van der Waals surface area contributed by atoms with Crippen molar-refractivity contribution in [3.63, 3.8) is 0 Å². The van der Waals surface area contributed by atoms with Gasteiger partial charge in [-0.2, -0.15) is 0 Å². The van der Waals surface area contributed by atoms with Crippen molar-refractivity contribution in [1.82, 2.24) is 9.80 Å². The molecule has 5 heteroatoms. The SMILES string of the molecule is CC(C)OCCCN(CCC(=O)O)CCN1CCCC1. The van der Waals surface area contributed by atoms with Crippen LogP contribution in [0.15, 0.2) is 0 Å². The van der Waals surface area contributed by atoms with Gasteiger partial charge in [0.1, 0.15) is 0 Å². The molecule has 118 valence electrons. The van der Waals surface area contributed by atoms with Crippen molar-refractivity contribution >= 4 is 5.97 Å². The maximum Gasteiger partial charge on any atom is 0.304 e. The quantitative estimate of drug-likeness (QED) is 0.586. The van der Waals surface area contributed by atoms with Gasteiger partial charge in [-0.05, 0) is 46.2 Å². The fourth-order valence-corrected chi connectivity index (χ4v) is 2.49. The largest absolute Gasteiger partial charge is 0.481 e. The predicted molar refractivity (Wildman–Crippen MR) is 80.1 cm³/mol. The number of hydrogen-bond acceptors (Lipinski definition) is 4. The van der Waals surface area contributed by atoms with Crippen LogP contribution in [0.2, 0.25) is 0 Å². The molecule has 0 aliphatic carbocycles. The second kappa shape index (κ2) is 10.1. The first-order valence-corrected chi connectivity index (χ1v) is 7.86. The number of carboxylic acid groups (broad SMARTS) is 1. The Morgan fingerprint density at radius 3 is 2.55 bits per heavy atom. The van der Waals surface area contributed by atoms with E-state index in [4.69, 9.17) is 9.84 Å². The van der Waals surface area contributed by atoms with Gasteiger partial charge in [0, 0.05) is 32.8 Å². The molecule has 1 rings (SSSR count). The highest BCUT2D eigenvalue weighted by Gasteiger charge is 2.13. The van der Waals surface area contributed by atoms with Crippen LogP contribution in [0.1, 0.15) is 39.5 Å². The number of carboxylic acids is 1. The van der Waals surface area contributed by atoms with E-state index in [1.54, 1.807) is 0 Å². The minimum absolute atomic E-state index is 0.227. The lowest BCUT2D eigenvalue weighted by Crippen LogP contribution is -2.36. The van der Waals surface area contributed by atoms with Gasteiger partial charge in [0.15, 0.2) is 0 Å². The molecule has 1 saturated heterocycles. The molecule has 1 aliphatic heterocycles. The lowest BCUT2D eigenvalue weighted by molar-refractivity contribution is -0.137. The molecule has 0 spiro atoms. The predicted octanol–water partition coefficient (Wildman–Crippen LogP) is 1.67. The third-order valence-corrected chi connectivity index (χ3v) is 3.64. The molecule has 20 heavy (non-hydrogen) atoms. The Morgan fingerprint density at radius 1 is 1.25 bits per heavy atom. The monoisotopic (exact) mass is 286 g/mol. The molecular weight excluding hydrogens is 256 g/mol. The molecule has 0 amide bonds. The summed E-state index contributed by atoms with van der Waals surface area (Å²) < 4.78 is 5.54. The van der Waals surface area contributed by atoms with Gasteiger partial charge < -0.3 is 19.6 Å². The highest BCUT2D eigenvalue weighted by molar-refractivity contribution is 5.66. The van der Waals surface area contributed by atoms with Crippen molar-refractivity contribution in [3.8, 4) is 0 Å². The van der Waals surface area contributed by atoms with Crippen LogP contribution in [0.5, 0.6) is 0 Å². The van der Waals surface area contributed by atoms with Crippen molar-refractivity contribution < 1.29 is 14.6 Å². The van der Waals surface area contributed by atoms with Gasteiger partial charge in [-0.1, -0.05) is 0 Å². The van der Waals surface area contributed by atoms with E-state index in [0.717, 1.165) is 32.7 Å². The molecule has 1 heterocycles. The first-order valence-electron chi connectivity index (χ1n) is 7.86. The van der Waals surface area contributed by atoms with Crippen LogP contribution < -0.4 is 0 Å². The first-order chi connectivity index (χ1) is 9.58. The van der Waals surface area contributed by atoms with Gasteiger partial charge in [0.2, 0.25) is 0 Å². The van der Waals surface area contributed by atoms with Crippen molar-refractivity contribution in [2.45, 2.75) is 45.6 Å². The topological polar surface area (TPSA) is 53.0 Å². The molecule has 0 unspecified atom stereocenters. The zero-order valence-corrected chi connectivity index (χ0v) is 13.0. The molecule has 0 aromatic heterocycles. The highest BCUT2D eigenvalue weighted by Crippen LogP contribution is 2.07. The van der Waals surface area contributed by atoms with Crippen molar-refractivity contribution in [2.75, 3.05) is 45.9 Å². The Hall–Kier alpha value is -0.650. The molecule has 0 atom stereocenters. The Kier molecular flexibility index (Phi) is 8.82. The van der Waals surface area contributed by atoms with E-state index >= 15 is 0 Å². The number of ether oxygens (including phenoxy) is 1. The van der Waals surface area contributed by atoms with Gasteiger partial charge in [-0.25, -0.2) is 0 Å². The summed E-state index contributed by atoms with van der Waals surface area (Å²) >= 11 is 0. The summed E-state index contributed by atoms with van der Waals surface area (Å²) in [6.45, 7) is 10.8. The Bertz CT molecular complexity index is 266. The van der Waals surface area contributed by atoms with Crippen LogP contribution in [-0.4, -0.2) is 72.9 Å². The smallest absolute Gasteiger partial charge is 0.304 e. The number of rotatable bonds is 11. The standard InChI is InChI=1S/C15H30N2O3/c1-14(2)20-13-5-9-17(10-6-15(18)19)12-11-16-7-3-4-8-16/h14H,3-13H2,1-2H3,(H,18,19). The molecular formula is C15H30N2O3. The lowest BCUT2D eigenvalue weighted by atomic mass is 10.3. The van der Waals surface area contributed by atoms with Crippen LogP contribution in [-0.2, 0) is 9.53 Å². The zero-order valence-electron chi connectivity index (χ0n) is 13.0. The summed E-state index contributed by atoms with van der Waals surface area (Å²) in [6.07, 6.45) is 4.07. The van der Waals surface area contributed by atoms with E-state index in [0.29, 0.717) is 6.54 Å². The fraction of sp³-hybridized carbons (Fsp3) is 0.933. The van der Waals surface area contributed by atoms with E-state index in [2.05, 4.69) is 9.80 Å². The molecule has 0 bridgehead atoms. The third-order valence-electron chi connectivity index (χ3n) is 3.64. The summed E-state index contributed by atoms with van der Waals surface area (Å²) in [5.74, 6) is -0.713. The van der Waals surface area contributed by atoms with Crippen molar-refractivity contribution in [1.29, 1.82) is 0 Å². The fourth-order valence-electron chi connectivity index (χ4n) is 2.49. The summed E-state index contributed by atoms with van der Waals surface area (Å²) in [5, 5.41) is 8.82. The summed E-state index contributed by atoms with van der Waals surface area (Å²) in [7, 11) is 0. The van der Waals surface area contributed by atoms with Gasteiger partial charge in [-0.15, -0.1) is 0 Å². The van der Waals surface area contributed by atoms with Gasteiger partial charge >= 0.3 is 5.97 Å². The molecule has 0 radical (unpaired) electrons. The van der Waals surface area contributed by atoms with Crippen LogP contribution in [0.25, 0.3) is 0 Å². The van der Waals surface area contributed by atoms with Crippen LogP contribution in [0.4, 0.5) is 0 Å². The Balaban J connectivity index is 2.20. The van der Waals surface area contributed by atoms with E-state index in [1.165, 1.54) is 25.9 Å². The molecule has 1 fully saturated rings. The normalized spacial score (nSPS) is 16.4. The van der Waals surface area contributed by atoms with Gasteiger partial charge in [-0.3, -0.25) is 4.79 Å². The van der Waals surface area contributed by atoms with Gasteiger partial charge in [0.25, 0.3) is 0 Å². The number of nitrogens with zero attached hydrogens (tertiary/aromatic N) is 2.